The Balaban J connectivity index is 2.34. The van der Waals surface area contributed by atoms with E-state index >= 15 is 0 Å². The van der Waals surface area contributed by atoms with Crippen molar-refractivity contribution in [3.8, 4) is 0 Å². The van der Waals surface area contributed by atoms with E-state index in [0.29, 0.717) is 5.69 Å². The maximum atomic E-state index is 11.4. The fraction of sp³-hybridized carbons (Fsp3) is 0.667. The predicted molar refractivity (Wildman–Crippen MR) is 52.8 cm³/mol. The van der Waals surface area contributed by atoms with Crippen molar-refractivity contribution in [3.63, 3.8) is 0 Å². The lowest BCUT2D eigenvalue weighted by molar-refractivity contribution is 0.0933. The number of rotatable bonds is 5. The summed E-state index contributed by atoms with van der Waals surface area (Å²) in [6, 6.07) is 0.194. The molecule has 1 atom stereocenters. The average Bonchev–Trinajstić information content (AvgIpc) is 2.67. The zero-order chi connectivity index (χ0) is 10.4. The van der Waals surface area contributed by atoms with Crippen LogP contribution in [-0.2, 0) is 0 Å². The van der Waals surface area contributed by atoms with Gasteiger partial charge in [-0.05, 0) is 13.3 Å². The van der Waals surface area contributed by atoms with E-state index in [0.717, 1.165) is 19.3 Å². The Labute approximate surface area is 83.3 Å². The average molecular weight is 196 g/mol. The van der Waals surface area contributed by atoms with Crippen LogP contribution < -0.4 is 5.32 Å². The summed E-state index contributed by atoms with van der Waals surface area (Å²) in [7, 11) is 0. The van der Waals surface area contributed by atoms with Gasteiger partial charge in [0.05, 0.1) is 6.20 Å². The number of hydrogen-bond donors (Lipinski definition) is 2. The van der Waals surface area contributed by atoms with Gasteiger partial charge >= 0.3 is 0 Å². The number of amides is 1. The lowest BCUT2D eigenvalue weighted by Crippen LogP contribution is -2.32. The van der Waals surface area contributed by atoms with Crippen LogP contribution in [0.1, 0.15) is 43.6 Å². The summed E-state index contributed by atoms with van der Waals surface area (Å²) in [6.07, 6.45) is 4.69. The van der Waals surface area contributed by atoms with E-state index in [1.807, 2.05) is 6.92 Å². The van der Waals surface area contributed by atoms with Crippen LogP contribution in [-0.4, -0.2) is 27.4 Å². The van der Waals surface area contributed by atoms with E-state index < -0.39 is 0 Å². The molecule has 5 heteroatoms. The first-order valence-corrected chi connectivity index (χ1v) is 4.90. The van der Waals surface area contributed by atoms with E-state index in [9.17, 15) is 4.79 Å². The summed E-state index contributed by atoms with van der Waals surface area (Å²) in [5.74, 6) is -0.164. The fourth-order valence-electron chi connectivity index (χ4n) is 1.19. The molecule has 1 unspecified atom stereocenters. The van der Waals surface area contributed by atoms with Crippen molar-refractivity contribution in [1.29, 1.82) is 0 Å². The molecular weight excluding hydrogens is 180 g/mol. The Bertz CT molecular complexity index is 270. The molecule has 0 saturated heterocycles. The molecule has 0 aliphatic rings. The molecule has 1 heterocycles. The number of nitrogens with one attached hydrogen (secondary N) is 2. The van der Waals surface area contributed by atoms with Crippen LogP contribution in [0.5, 0.6) is 0 Å². The van der Waals surface area contributed by atoms with Crippen LogP contribution in [0.4, 0.5) is 0 Å². The second-order valence-corrected chi connectivity index (χ2v) is 3.37. The first kappa shape index (κ1) is 10.7. The standard InChI is InChI=1S/C9H16N4O/c1-3-4-5-7(2)11-9(14)8-6-10-13-12-8/h6-7H,3-5H2,1-2H3,(H,11,14)(H,10,12,13). The lowest BCUT2D eigenvalue weighted by atomic mass is 10.1. The molecule has 0 saturated carbocycles. The van der Waals surface area contributed by atoms with Gasteiger partial charge in [0.15, 0.2) is 5.69 Å². The second-order valence-electron chi connectivity index (χ2n) is 3.37. The molecule has 1 aromatic rings. The molecule has 14 heavy (non-hydrogen) atoms. The number of aromatic amines is 1. The smallest absolute Gasteiger partial charge is 0.273 e. The van der Waals surface area contributed by atoms with Gasteiger partial charge in [0, 0.05) is 6.04 Å². The van der Waals surface area contributed by atoms with E-state index in [1.54, 1.807) is 0 Å². The summed E-state index contributed by atoms with van der Waals surface area (Å²) in [5.41, 5.74) is 0.341. The minimum absolute atomic E-state index is 0.164. The van der Waals surface area contributed by atoms with Crippen molar-refractivity contribution >= 4 is 5.91 Å². The van der Waals surface area contributed by atoms with Gasteiger partial charge in [-0.25, -0.2) is 0 Å². The molecule has 1 rings (SSSR count). The molecule has 0 fully saturated rings. The van der Waals surface area contributed by atoms with Crippen LogP contribution in [0.15, 0.2) is 6.20 Å². The summed E-state index contributed by atoms with van der Waals surface area (Å²) in [6.45, 7) is 4.12. The summed E-state index contributed by atoms with van der Waals surface area (Å²) in [5, 5.41) is 12.5. The van der Waals surface area contributed by atoms with Crippen LogP contribution in [0.25, 0.3) is 0 Å². The summed E-state index contributed by atoms with van der Waals surface area (Å²) < 4.78 is 0. The van der Waals surface area contributed by atoms with Crippen LogP contribution >= 0.6 is 0 Å². The van der Waals surface area contributed by atoms with E-state index in [-0.39, 0.29) is 11.9 Å². The molecule has 1 aromatic heterocycles. The van der Waals surface area contributed by atoms with E-state index in [4.69, 9.17) is 0 Å². The summed E-state index contributed by atoms with van der Waals surface area (Å²) >= 11 is 0. The predicted octanol–water partition coefficient (Wildman–Crippen LogP) is 1.11. The van der Waals surface area contributed by atoms with Crippen molar-refractivity contribution in [3.05, 3.63) is 11.9 Å². The number of H-pyrrole nitrogens is 1. The van der Waals surface area contributed by atoms with Gasteiger partial charge < -0.3 is 5.32 Å². The first-order chi connectivity index (χ1) is 6.74. The third-order valence-electron chi connectivity index (χ3n) is 2.02. The maximum Gasteiger partial charge on any atom is 0.273 e. The Kier molecular flexibility index (Phi) is 4.10. The third-order valence-corrected chi connectivity index (χ3v) is 2.02. The van der Waals surface area contributed by atoms with Gasteiger partial charge in [-0.15, -0.1) is 0 Å². The monoisotopic (exact) mass is 196 g/mol. The Morgan fingerprint density at radius 2 is 2.50 bits per heavy atom. The quantitative estimate of drug-likeness (QED) is 0.741. The molecule has 0 aliphatic heterocycles. The Morgan fingerprint density at radius 3 is 3.07 bits per heavy atom. The maximum absolute atomic E-state index is 11.4. The lowest BCUT2D eigenvalue weighted by Gasteiger charge is -2.11. The molecule has 2 N–H and O–H groups in total. The highest BCUT2D eigenvalue weighted by molar-refractivity contribution is 5.91. The highest BCUT2D eigenvalue weighted by atomic mass is 16.2. The molecule has 1 amide bonds. The van der Waals surface area contributed by atoms with Crippen molar-refractivity contribution in [2.24, 2.45) is 0 Å². The van der Waals surface area contributed by atoms with Gasteiger partial charge in [-0.2, -0.15) is 15.4 Å². The van der Waals surface area contributed by atoms with Gasteiger partial charge in [-0.3, -0.25) is 4.79 Å². The first-order valence-electron chi connectivity index (χ1n) is 4.90. The number of hydrogen-bond acceptors (Lipinski definition) is 3. The minimum Gasteiger partial charge on any atom is -0.348 e. The van der Waals surface area contributed by atoms with Crippen molar-refractivity contribution in [1.82, 2.24) is 20.7 Å². The van der Waals surface area contributed by atoms with E-state index in [1.165, 1.54) is 6.20 Å². The van der Waals surface area contributed by atoms with Crippen molar-refractivity contribution in [2.75, 3.05) is 0 Å². The normalized spacial score (nSPS) is 12.4. The molecule has 0 bridgehead atoms. The number of unbranched alkanes of at least 4 members (excludes halogenated alkanes) is 1. The molecular formula is C9H16N4O. The van der Waals surface area contributed by atoms with E-state index in [2.05, 4.69) is 27.7 Å². The Morgan fingerprint density at radius 1 is 1.71 bits per heavy atom. The van der Waals surface area contributed by atoms with Gasteiger partial charge in [0.1, 0.15) is 0 Å². The van der Waals surface area contributed by atoms with Gasteiger partial charge in [0.2, 0.25) is 0 Å². The highest BCUT2D eigenvalue weighted by Gasteiger charge is 2.11. The number of carbonyl (C=O) groups is 1. The Hall–Kier alpha value is -1.39. The molecule has 0 aromatic carbocycles. The van der Waals surface area contributed by atoms with Crippen LogP contribution in [0.3, 0.4) is 0 Å². The SMILES string of the molecule is CCCCC(C)NC(=O)c1cn[nH]n1. The van der Waals surface area contributed by atoms with Crippen LogP contribution in [0, 0.1) is 0 Å². The van der Waals surface area contributed by atoms with Crippen LogP contribution in [0.2, 0.25) is 0 Å². The highest BCUT2D eigenvalue weighted by Crippen LogP contribution is 2.00. The summed E-state index contributed by atoms with van der Waals surface area (Å²) in [4.78, 5) is 11.4. The second kappa shape index (κ2) is 5.36. The topological polar surface area (TPSA) is 70.7 Å². The molecule has 0 aliphatic carbocycles. The van der Waals surface area contributed by atoms with Crippen molar-refractivity contribution in [2.45, 2.75) is 39.2 Å². The van der Waals surface area contributed by atoms with Gasteiger partial charge in [0.25, 0.3) is 5.91 Å². The molecule has 0 radical (unpaired) electrons. The zero-order valence-corrected chi connectivity index (χ0v) is 8.58. The number of aromatic nitrogens is 3. The zero-order valence-electron chi connectivity index (χ0n) is 8.58. The number of carbonyl (C=O) groups excluding carboxylic acids is 1. The molecule has 0 spiro atoms. The minimum atomic E-state index is -0.164. The van der Waals surface area contributed by atoms with Gasteiger partial charge in [-0.1, -0.05) is 19.8 Å². The van der Waals surface area contributed by atoms with Crippen molar-refractivity contribution < 1.29 is 4.79 Å². The molecule has 78 valence electrons. The third kappa shape index (κ3) is 3.16. The largest absolute Gasteiger partial charge is 0.348 e. The fourth-order valence-corrected chi connectivity index (χ4v) is 1.19. The number of nitrogens with zero attached hydrogens (tertiary/aromatic N) is 2. The molecule has 5 nitrogen and oxygen atoms in total.